The number of nitrogens with two attached hydrogens (primary N) is 1. The number of thioether (sulfide) groups is 1. The Hall–Kier alpha value is -0.970. The van der Waals surface area contributed by atoms with Gasteiger partial charge in [-0.2, -0.15) is 11.8 Å². The number of urea groups is 1. The Morgan fingerprint density at radius 2 is 1.82 bits per heavy atom. The van der Waals surface area contributed by atoms with Crippen molar-refractivity contribution in [1.82, 2.24) is 16.0 Å². The Bertz CT molecular complexity index is 632. The lowest BCUT2D eigenvalue weighted by molar-refractivity contribution is -0.127. The van der Waals surface area contributed by atoms with E-state index in [1.807, 2.05) is 39.5 Å². The van der Waals surface area contributed by atoms with E-state index in [9.17, 15) is 14.4 Å². The van der Waals surface area contributed by atoms with Gasteiger partial charge in [0, 0.05) is 36.0 Å². The van der Waals surface area contributed by atoms with Crippen molar-refractivity contribution in [2.24, 2.45) is 10.6 Å². The van der Waals surface area contributed by atoms with Gasteiger partial charge in [0.15, 0.2) is 0 Å². The number of nitrogens with one attached hydrogen (secondary N) is 3. The van der Waals surface area contributed by atoms with Crippen LogP contribution in [0.2, 0.25) is 0 Å². The third-order valence-electron chi connectivity index (χ3n) is 6.32. The molecule has 10 heteroatoms. The zero-order valence-corrected chi connectivity index (χ0v) is 23.9. The van der Waals surface area contributed by atoms with Crippen LogP contribution in [0.15, 0.2) is 0 Å². The monoisotopic (exact) mass is 520 g/mol. The first-order chi connectivity index (χ1) is 15.9. The molecule has 3 atom stereocenters. The van der Waals surface area contributed by atoms with Crippen LogP contribution in [0, 0.1) is 5.41 Å². The van der Waals surface area contributed by atoms with Crippen LogP contribution in [-0.2, 0) is 14.3 Å². The summed E-state index contributed by atoms with van der Waals surface area (Å²) < 4.78 is 5.89. The number of Topliss-reactive ketones (excluding diaryl/α,β-unsaturated/α-hetero) is 1. The zero-order valence-electron chi connectivity index (χ0n) is 22.2. The van der Waals surface area contributed by atoms with E-state index in [1.165, 1.54) is 0 Å². The molecule has 3 amide bonds. The number of amides is 3. The summed E-state index contributed by atoms with van der Waals surface area (Å²) in [5.74, 6) is 1.38. The molecule has 2 rings (SSSR count). The lowest BCUT2D eigenvalue weighted by atomic mass is 9.86. The van der Waals surface area contributed by atoms with Gasteiger partial charge in [-0.3, -0.25) is 14.7 Å². The zero-order chi connectivity index (χ0) is 26.4. The molecule has 5 N–H and O–H groups in total. The first-order valence-electron chi connectivity index (χ1n) is 12.2. The first kappa shape index (κ1) is 33.0. The van der Waals surface area contributed by atoms with Gasteiger partial charge >= 0.3 is 6.03 Å². The Morgan fingerprint density at radius 3 is 2.38 bits per heavy atom. The lowest BCUT2D eigenvalue weighted by Gasteiger charge is -2.28. The van der Waals surface area contributed by atoms with Gasteiger partial charge in [0.05, 0.1) is 17.7 Å². The second kappa shape index (κ2) is 16.7. The topological polar surface area (TPSA) is 123 Å². The average molecular weight is 521 g/mol. The van der Waals surface area contributed by atoms with Crippen molar-refractivity contribution in [1.29, 1.82) is 0 Å². The highest BCUT2D eigenvalue weighted by atomic mass is 32.2. The van der Waals surface area contributed by atoms with Gasteiger partial charge in [0.25, 0.3) is 0 Å². The number of carbonyl (C=O) groups excluding carboxylic acids is 3. The quantitative estimate of drug-likeness (QED) is 0.151. The molecule has 0 aromatic carbocycles. The highest BCUT2D eigenvalue weighted by molar-refractivity contribution is 8.00. The van der Waals surface area contributed by atoms with E-state index in [0.717, 1.165) is 37.9 Å². The maximum Gasteiger partial charge on any atom is 0.315 e. The number of fused-ring (bicyclic) bond motifs is 1. The number of hydrogen-bond acceptors (Lipinski definition) is 7. The molecule has 0 aromatic rings. The minimum absolute atomic E-state index is 0.00199. The van der Waals surface area contributed by atoms with E-state index in [2.05, 4.69) is 47.8 Å². The minimum Gasteiger partial charge on any atom is -0.375 e. The lowest BCUT2D eigenvalue weighted by Crippen LogP contribution is -2.35. The molecular formula is C24H48N4O4S2. The third-order valence-corrected chi connectivity index (χ3v) is 7.69. The molecule has 0 aromatic heterocycles. The fourth-order valence-electron chi connectivity index (χ4n) is 3.46. The number of unbranched alkanes of at least 4 members (excludes halogenated alkanes) is 2. The van der Waals surface area contributed by atoms with Crippen LogP contribution >= 0.6 is 24.6 Å². The van der Waals surface area contributed by atoms with Crippen LogP contribution in [0.5, 0.6) is 0 Å². The molecule has 34 heavy (non-hydrogen) atoms. The SMILES string of the molecule is CCCCCC(=O)NCCC(C)(C)OCCC(C)(C)C(C)=O.C[C@@H]1SC[C@@H]2NC(=O)N[C@@H]21.NS. The summed E-state index contributed by atoms with van der Waals surface area (Å²) >= 11 is 4.94. The molecule has 8 nitrogen and oxygen atoms in total. The van der Waals surface area contributed by atoms with E-state index in [1.54, 1.807) is 6.92 Å². The number of thiol groups is 1. The van der Waals surface area contributed by atoms with Gasteiger partial charge in [-0.25, -0.2) is 4.79 Å². The van der Waals surface area contributed by atoms with Gasteiger partial charge in [-0.05, 0) is 40.0 Å². The van der Waals surface area contributed by atoms with Crippen molar-refractivity contribution in [3.05, 3.63) is 0 Å². The summed E-state index contributed by atoms with van der Waals surface area (Å²) in [7, 11) is 0. The molecule has 2 heterocycles. The predicted molar refractivity (Wildman–Crippen MR) is 145 cm³/mol. The Morgan fingerprint density at radius 1 is 1.18 bits per heavy atom. The van der Waals surface area contributed by atoms with E-state index >= 15 is 0 Å². The highest BCUT2D eigenvalue weighted by Gasteiger charge is 2.40. The number of ketones is 1. The fourth-order valence-corrected chi connectivity index (χ4v) is 4.72. The first-order valence-corrected chi connectivity index (χ1v) is 13.8. The number of rotatable bonds is 12. The molecule has 0 spiro atoms. The summed E-state index contributed by atoms with van der Waals surface area (Å²) in [6, 6.07) is 0.757. The Balaban J connectivity index is 0.000000739. The molecule has 2 aliphatic rings. The molecule has 0 bridgehead atoms. The van der Waals surface area contributed by atoms with Crippen LogP contribution < -0.4 is 21.1 Å². The maximum atomic E-state index is 11.6. The molecular weight excluding hydrogens is 472 g/mol. The molecule has 0 saturated carbocycles. The van der Waals surface area contributed by atoms with Crippen molar-refractivity contribution in [2.45, 2.75) is 110 Å². The summed E-state index contributed by atoms with van der Waals surface area (Å²) in [6.07, 6.45) is 5.30. The third kappa shape index (κ3) is 13.2. The second-order valence-electron chi connectivity index (χ2n) is 10.1. The van der Waals surface area contributed by atoms with Crippen molar-refractivity contribution >= 4 is 42.3 Å². The number of ether oxygens (including phenoxy) is 1. The molecule has 0 unspecified atom stereocenters. The van der Waals surface area contributed by atoms with Gasteiger partial charge in [0.2, 0.25) is 5.91 Å². The molecule has 0 aliphatic carbocycles. The molecule has 0 radical (unpaired) electrons. The van der Waals surface area contributed by atoms with E-state index in [-0.39, 0.29) is 28.7 Å². The fraction of sp³-hybridized carbons (Fsp3) is 0.875. The smallest absolute Gasteiger partial charge is 0.315 e. The van der Waals surface area contributed by atoms with Gasteiger partial charge in [-0.1, -0.05) is 40.5 Å². The normalized spacial score (nSPS) is 21.2. The van der Waals surface area contributed by atoms with E-state index in [0.29, 0.717) is 36.9 Å². The second-order valence-corrected chi connectivity index (χ2v) is 11.6. The van der Waals surface area contributed by atoms with Gasteiger partial charge in [0.1, 0.15) is 5.78 Å². The summed E-state index contributed by atoms with van der Waals surface area (Å²) in [4.78, 5) is 33.9. The number of hydrogen-bond donors (Lipinski definition) is 5. The maximum absolute atomic E-state index is 11.6. The predicted octanol–water partition coefficient (Wildman–Crippen LogP) is 3.84. The molecule has 2 fully saturated rings. The van der Waals surface area contributed by atoms with Crippen LogP contribution in [0.25, 0.3) is 0 Å². The Labute approximate surface area is 216 Å². The van der Waals surface area contributed by atoms with Crippen molar-refractivity contribution in [3.63, 3.8) is 0 Å². The molecule has 2 aliphatic heterocycles. The van der Waals surface area contributed by atoms with E-state index < -0.39 is 0 Å². The van der Waals surface area contributed by atoms with Crippen LogP contribution in [0.3, 0.4) is 0 Å². The minimum atomic E-state index is -0.330. The Kier molecular flexibility index (Phi) is 16.2. The van der Waals surface area contributed by atoms with Crippen molar-refractivity contribution in [3.8, 4) is 0 Å². The van der Waals surface area contributed by atoms with Crippen LogP contribution in [0.4, 0.5) is 4.79 Å². The molecule has 2 saturated heterocycles. The summed E-state index contributed by atoms with van der Waals surface area (Å²) in [5, 5.41) is 13.5. The molecule has 200 valence electrons. The summed E-state index contributed by atoms with van der Waals surface area (Å²) in [5.41, 5.74) is -0.618. The van der Waals surface area contributed by atoms with Crippen LogP contribution in [-0.4, -0.2) is 59.6 Å². The van der Waals surface area contributed by atoms with Crippen LogP contribution in [0.1, 0.15) is 87.0 Å². The van der Waals surface area contributed by atoms with Crippen molar-refractivity contribution in [2.75, 3.05) is 18.9 Å². The summed E-state index contributed by atoms with van der Waals surface area (Å²) in [6.45, 7) is 15.0. The standard InChI is InChI=1S/C18H35NO3.C6H10N2OS.H3NS/c1-7-8-9-10-16(21)19-13-11-18(5,6)22-14-12-17(3,4)15(2)20;1-3-5-4(2-10-3)7-6(9)8-5;1-2/h7-14H2,1-6H3,(H,19,21);3-5H,2H2,1H3,(H2,7,8,9);2H,1H2/t;3-,4-,5+;/m.0./s1. The van der Waals surface area contributed by atoms with E-state index in [4.69, 9.17) is 4.74 Å². The largest absolute Gasteiger partial charge is 0.375 e. The van der Waals surface area contributed by atoms with Crippen molar-refractivity contribution < 1.29 is 19.1 Å². The average Bonchev–Trinajstić information content (AvgIpc) is 3.29. The highest BCUT2D eigenvalue weighted by Crippen LogP contribution is 2.28. The number of carbonyl (C=O) groups is 3. The van der Waals surface area contributed by atoms with Gasteiger partial charge in [-0.15, -0.1) is 12.8 Å². The van der Waals surface area contributed by atoms with Gasteiger partial charge < -0.3 is 20.7 Å².